The molecule has 1 amide bonds. The van der Waals surface area contributed by atoms with Crippen LogP contribution in [0, 0.1) is 0 Å². The van der Waals surface area contributed by atoms with Crippen molar-refractivity contribution in [3.05, 3.63) is 71.0 Å². The highest BCUT2D eigenvalue weighted by Crippen LogP contribution is 2.20. The Morgan fingerprint density at radius 2 is 1.80 bits per heavy atom. The summed E-state index contributed by atoms with van der Waals surface area (Å²) >= 11 is 1.36. The van der Waals surface area contributed by atoms with Gasteiger partial charge >= 0.3 is 5.97 Å². The van der Waals surface area contributed by atoms with Gasteiger partial charge < -0.3 is 14.2 Å². The number of anilines is 1. The van der Waals surface area contributed by atoms with Gasteiger partial charge in [0.25, 0.3) is 5.91 Å². The second-order valence-electron chi connectivity index (χ2n) is 6.59. The van der Waals surface area contributed by atoms with Crippen molar-refractivity contribution in [1.29, 1.82) is 0 Å². The molecule has 1 heterocycles. The number of carbonyl (C=O) groups excluding carboxylic acids is 2. The van der Waals surface area contributed by atoms with E-state index in [4.69, 9.17) is 4.74 Å². The number of fused-ring (bicyclic) bond motifs is 1. The van der Waals surface area contributed by atoms with Gasteiger partial charge in [0.05, 0.1) is 22.9 Å². The summed E-state index contributed by atoms with van der Waals surface area (Å²) in [5.74, 6) is -0.706. The van der Waals surface area contributed by atoms with E-state index in [1.807, 2.05) is 22.8 Å². The fourth-order valence-corrected chi connectivity index (χ4v) is 4.34. The standard InChI is InChI=1S/C23H25N3O3S/c1-5-14-26-19-13-10-17(22(28)29-4)15-20(19)30-23(26)24-21(27)16-8-11-18(12-9-16)25(6-2)7-3/h5,8-13,15H,1,6-7,14H2,2-4H3. The topological polar surface area (TPSA) is 63.9 Å². The van der Waals surface area contributed by atoms with Crippen molar-refractivity contribution in [3.63, 3.8) is 0 Å². The van der Waals surface area contributed by atoms with Crippen molar-refractivity contribution < 1.29 is 14.3 Å². The van der Waals surface area contributed by atoms with Gasteiger partial charge in [0.1, 0.15) is 0 Å². The molecule has 0 N–H and O–H groups in total. The molecule has 0 saturated heterocycles. The maximum absolute atomic E-state index is 12.8. The van der Waals surface area contributed by atoms with Crippen molar-refractivity contribution in [2.75, 3.05) is 25.1 Å². The van der Waals surface area contributed by atoms with Crippen LogP contribution in [0.3, 0.4) is 0 Å². The third-order valence-electron chi connectivity index (χ3n) is 4.86. The molecule has 7 heteroatoms. The van der Waals surface area contributed by atoms with Gasteiger partial charge in [-0.25, -0.2) is 4.79 Å². The van der Waals surface area contributed by atoms with Crippen LogP contribution in [0.25, 0.3) is 10.2 Å². The van der Waals surface area contributed by atoms with Gasteiger partial charge in [-0.05, 0) is 56.3 Å². The summed E-state index contributed by atoms with van der Waals surface area (Å²) in [4.78, 5) is 31.8. The molecule has 156 valence electrons. The Morgan fingerprint density at radius 1 is 1.13 bits per heavy atom. The van der Waals surface area contributed by atoms with Gasteiger partial charge in [0, 0.05) is 30.9 Å². The number of thiazole rings is 1. The highest BCUT2D eigenvalue weighted by molar-refractivity contribution is 7.16. The number of methoxy groups -OCH3 is 1. The van der Waals surface area contributed by atoms with E-state index >= 15 is 0 Å². The molecule has 1 aromatic heterocycles. The number of esters is 1. The van der Waals surface area contributed by atoms with E-state index in [2.05, 4.69) is 30.3 Å². The van der Waals surface area contributed by atoms with Gasteiger partial charge in [-0.2, -0.15) is 4.99 Å². The molecule has 0 atom stereocenters. The lowest BCUT2D eigenvalue weighted by Crippen LogP contribution is -2.21. The molecule has 0 unspecified atom stereocenters. The van der Waals surface area contributed by atoms with Crippen molar-refractivity contribution in [3.8, 4) is 0 Å². The fraction of sp³-hybridized carbons (Fsp3) is 0.261. The second kappa shape index (κ2) is 9.54. The smallest absolute Gasteiger partial charge is 0.337 e. The summed E-state index contributed by atoms with van der Waals surface area (Å²) in [6.45, 7) is 10.3. The number of ether oxygens (including phenoxy) is 1. The molecule has 3 aromatic rings. The first-order chi connectivity index (χ1) is 14.5. The largest absolute Gasteiger partial charge is 0.465 e. The van der Waals surface area contributed by atoms with E-state index in [1.54, 1.807) is 30.3 Å². The predicted molar refractivity (Wildman–Crippen MR) is 121 cm³/mol. The SMILES string of the molecule is C=CCn1c(=NC(=O)c2ccc(N(CC)CC)cc2)sc2cc(C(=O)OC)ccc21. The Kier molecular flexibility index (Phi) is 6.84. The lowest BCUT2D eigenvalue weighted by molar-refractivity contribution is 0.0601. The number of benzene rings is 2. The minimum atomic E-state index is -0.400. The highest BCUT2D eigenvalue weighted by atomic mass is 32.1. The molecule has 0 aliphatic carbocycles. The summed E-state index contributed by atoms with van der Waals surface area (Å²) in [5.41, 5.74) is 2.96. The van der Waals surface area contributed by atoms with E-state index in [1.165, 1.54) is 18.4 Å². The number of nitrogens with zero attached hydrogens (tertiary/aromatic N) is 3. The molecule has 0 saturated carbocycles. The predicted octanol–water partition coefficient (Wildman–Crippen LogP) is 4.26. The van der Waals surface area contributed by atoms with Crippen LogP contribution in [0.5, 0.6) is 0 Å². The van der Waals surface area contributed by atoms with Crippen LogP contribution < -0.4 is 9.70 Å². The molecule has 0 fully saturated rings. The van der Waals surface area contributed by atoms with Crippen LogP contribution in [0.4, 0.5) is 5.69 Å². The van der Waals surface area contributed by atoms with E-state index in [9.17, 15) is 9.59 Å². The molecule has 0 aliphatic rings. The van der Waals surface area contributed by atoms with Crippen LogP contribution in [-0.4, -0.2) is 36.6 Å². The normalized spacial score (nSPS) is 11.5. The molecule has 2 aromatic carbocycles. The van der Waals surface area contributed by atoms with E-state index in [0.29, 0.717) is 22.5 Å². The van der Waals surface area contributed by atoms with E-state index in [-0.39, 0.29) is 5.91 Å². The van der Waals surface area contributed by atoms with Gasteiger partial charge in [-0.3, -0.25) is 4.79 Å². The van der Waals surface area contributed by atoms with Crippen LogP contribution in [0.2, 0.25) is 0 Å². The molecule has 0 aliphatic heterocycles. The lowest BCUT2D eigenvalue weighted by Gasteiger charge is -2.20. The van der Waals surface area contributed by atoms with Crippen LogP contribution in [0.1, 0.15) is 34.6 Å². The molecule has 30 heavy (non-hydrogen) atoms. The maximum atomic E-state index is 12.8. The summed E-state index contributed by atoms with van der Waals surface area (Å²) < 4.78 is 7.56. The zero-order valence-corrected chi connectivity index (χ0v) is 18.2. The summed E-state index contributed by atoms with van der Waals surface area (Å²) in [6.07, 6.45) is 1.75. The first-order valence-electron chi connectivity index (χ1n) is 9.79. The Hall–Kier alpha value is -3.19. The Morgan fingerprint density at radius 3 is 2.40 bits per heavy atom. The molecule has 3 rings (SSSR count). The zero-order chi connectivity index (χ0) is 21.7. The lowest BCUT2D eigenvalue weighted by atomic mass is 10.2. The molecular weight excluding hydrogens is 398 g/mol. The summed E-state index contributed by atoms with van der Waals surface area (Å²) in [7, 11) is 1.35. The fourth-order valence-electron chi connectivity index (χ4n) is 3.26. The number of rotatable bonds is 7. The van der Waals surface area contributed by atoms with Gasteiger partial charge in [0.2, 0.25) is 0 Å². The van der Waals surface area contributed by atoms with Crippen LogP contribution in [0.15, 0.2) is 60.1 Å². The first-order valence-corrected chi connectivity index (χ1v) is 10.6. The molecule has 0 radical (unpaired) electrons. The van der Waals surface area contributed by atoms with Crippen molar-refractivity contribution in [1.82, 2.24) is 4.57 Å². The average Bonchev–Trinajstić information content (AvgIpc) is 3.11. The highest BCUT2D eigenvalue weighted by Gasteiger charge is 2.12. The number of hydrogen-bond acceptors (Lipinski definition) is 5. The van der Waals surface area contributed by atoms with Crippen molar-refractivity contribution in [2.45, 2.75) is 20.4 Å². The Bertz CT molecular complexity index is 1140. The second-order valence-corrected chi connectivity index (χ2v) is 7.60. The van der Waals surface area contributed by atoms with Crippen LogP contribution in [-0.2, 0) is 11.3 Å². The van der Waals surface area contributed by atoms with Gasteiger partial charge in [-0.15, -0.1) is 6.58 Å². The van der Waals surface area contributed by atoms with E-state index in [0.717, 1.165) is 29.0 Å². The maximum Gasteiger partial charge on any atom is 0.337 e. The Labute approximate surface area is 179 Å². The monoisotopic (exact) mass is 423 g/mol. The number of hydrogen-bond donors (Lipinski definition) is 0. The minimum Gasteiger partial charge on any atom is -0.465 e. The summed E-state index contributed by atoms with van der Waals surface area (Å²) in [5, 5.41) is 0. The third kappa shape index (κ3) is 4.36. The van der Waals surface area contributed by atoms with Gasteiger partial charge in [0.15, 0.2) is 4.80 Å². The van der Waals surface area contributed by atoms with Gasteiger partial charge in [-0.1, -0.05) is 17.4 Å². The number of allylic oxidation sites excluding steroid dienone is 1. The number of amides is 1. The molecule has 0 bridgehead atoms. The zero-order valence-electron chi connectivity index (χ0n) is 17.4. The first kappa shape index (κ1) is 21.5. The summed E-state index contributed by atoms with van der Waals surface area (Å²) in [6, 6.07) is 12.8. The quantitative estimate of drug-likeness (QED) is 0.421. The minimum absolute atomic E-state index is 0.307. The van der Waals surface area contributed by atoms with Crippen LogP contribution >= 0.6 is 11.3 Å². The third-order valence-corrected chi connectivity index (χ3v) is 5.90. The molecule has 6 nitrogen and oxygen atoms in total. The number of carbonyl (C=O) groups is 2. The average molecular weight is 424 g/mol. The molecular formula is C23H25N3O3S. The van der Waals surface area contributed by atoms with Crippen molar-refractivity contribution in [2.24, 2.45) is 4.99 Å². The van der Waals surface area contributed by atoms with E-state index < -0.39 is 5.97 Å². The molecule has 0 spiro atoms. The Balaban J connectivity index is 2.01. The van der Waals surface area contributed by atoms with Crippen molar-refractivity contribution >= 4 is 39.1 Å². The number of aromatic nitrogens is 1.